The van der Waals surface area contributed by atoms with Crippen molar-refractivity contribution in [1.82, 2.24) is 4.90 Å². The first-order chi connectivity index (χ1) is 10.3. The number of anilines is 1. The molecule has 0 aromatic heterocycles. The molecule has 21 heavy (non-hydrogen) atoms. The van der Waals surface area contributed by atoms with E-state index in [0.717, 1.165) is 23.1 Å². The van der Waals surface area contributed by atoms with E-state index >= 15 is 0 Å². The number of ether oxygens (including phenoxy) is 2. The van der Waals surface area contributed by atoms with E-state index in [9.17, 15) is 0 Å². The monoisotopic (exact) mass is 290 g/mol. The molecule has 4 heteroatoms. The maximum absolute atomic E-state index is 5.71. The van der Waals surface area contributed by atoms with Crippen molar-refractivity contribution in [3.63, 3.8) is 0 Å². The van der Waals surface area contributed by atoms with Gasteiger partial charge in [0, 0.05) is 24.3 Å². The van der Waals surface area contributed by atoms with Crippen LogP contribution in [0.5, 0.6) is 11.5 Å². The zero-order valence-corrected chi connectivity index (χ0v) is 13.1. The number of benzene rings is 1. The number of nitrogens with one attached hydrogen (secondary N) is 1. The molecule has 0 amide bonds. The Labute approximate surface area is 127 Å². The molecule has 1 unspecified atom stereocenters. The van der Waals surface area contributed by atoms with Gasteiger partial charge in [-0.1, -0.05) is 0 Å². The fourth-order valence-electron chi connectivity index (χ4n) is 3.48. The molecular weight excluding hydrogens is 264 g/mol. The maximum Gasteiger partial charge on any atom is 0.163 e. The normalized spacial score (nSPS) is 27.4. The lowest BCUT2D eigenvalue weighted by Gasteiger charge is -2.45. The third kappa shape index (κ3) is 3.26. The van der Waals surface area contributed by atoms with Crippen molar-refractivity contribution in [2.45, 2.75) is 32.7 Å². The van der Waals surface area contributed by atoms with Crippen LogP contribution < -0.4 is 14.8 Å². The topological polar surface area (TPSA) is 33.7 Å². The van der Waals surface area contributed by atoms with Gasteiger partial charge in [0.2, 0.25) is 0 Å². The number of fused-ring (bicyclic) bond motifs is 3. The Kier molecular flexibility index (Phi) is 4.54. The Hall–Kier alpha value is -1.42. The van der Waals surface area contributed by atoms with Gasteiger partial charge in [-0.3, -0.25) is 0 Å². The van der Waals surface area contributed by atoms with Crippen molar-refractivity contribution in [2.24, 2.45) is 5.92 Å². The smallest absolute Gasteiger partial charge is 0.163 e. The van der Waals surface area contributed by atoms with E-state index in [1.807, 2.05) is 19.9 Å². The SMILES string of the molecule is CCOc1ccc(NC2CN3CCC2CC3)cc1OCC. The lowest BCUT2D eigenvalue weighted by atomic mass is 9.84. The van der Waals surface area contributed by atoms with Gasteiger partial charge in [-0.05, 0) is 57.8 Å². The molecule has 2 bridgehead atoms. The van der Waals surface area contributed by atoms with E-state index in [1.165, 1.54) is 32.5 Å². The van der Waals surface area contributed by atoms with E-state index in [0.29, 0.717) is 19.3 Å². The second-order valence-electron chi connectivity index (χ2n) is 5.92. The summed E-state index contributed by atoms with van der Waals surface area (Å²) in [4.78, 5) is 2.57. The summed E-state index contributed by atoms with van der Waals surface area (Å²) >= 11 is 0. The zero-order chi connectivity index (χ0) is 14.7. The molecule has 0 saturated carbocycles. The summed E-state index contributed by atoms with van der Waals surface area (Å²) in [6.07, 6.45) is 2.65. The Bertz CT molecular complexity index is 470. The van der Waals surface area contributed by atoms with Crippen LogP contribution in [0.4, 0.5) is 5.69 Å². The van der Waals surface area contributed by atoms with Crippen molar-refractivity contribution in [3.8, 4) is 11.5 Å². The second-order valence-corrected chi connectivity index (χ2v) is 5.92. The average molecular weight is 290 g/mol. The summed E-state index contributed by atoms with van der Waals surface area (Å²) in [7, 11) is 0. The largest absolute Gasteiger partial charge is 0.490 e. The van der Waals surface area contributed by atoms with Crippen LogP contribution in [0.1, 0.15) is 26.7 Å². The molecule has 0 radical (unpaired) electrons. The molecule has 1 N–H and O–H groups in total. The quantitative estimate of drug-likeness (QED) is 0.873. The van der Waals surface area contributed by atoms with E-state index in [1.54, 1.807) is 0 Å². The summed E-state index contributed by atoms with van der Waals surface area (Å²) in [6.45, 7) is 9.03. The first-order valence-electron chi connectivity index (χ1n) is 8.18. The highest BCUT2D eigenvalue weighted by atomic mass is 16.5. The Morgan fingerprint density at radius 3 is 2.43 bits per heavy atom. The van der Waals surface area contributed by atoms with Crippen LogP contribution in [0.25, 0.3) is 0 Å². The maximum atomic E-state index is 5.71. The van der Waals surface area contributed by atoms with Gasteiger partial charge in [0.05, 0.1) is 13.2 Å². The zero-order valence-electron chi connectivity index (χ0n) is 13.1. The molecule has 3 aliphatic rings. The summed E-state index contributed by atoms with van der Waals surface area (Å²) in [5.74, 6) is 2.49. The molecular formula is C17H26N2O2. The molecule has 4 rings (SSSR count). The lowest BCUT2D eigenvalue weighted by molar-refractivity contribution is 0.0975. The minimum atomic E-state index is 0.569. The Balaban J connectivity index is 1.71. The molecule has 116 valence electrons. The van der Waals surface area contributed by atoms with Gasteiger partial charge in [0.15, 0.2) is 11.5 Å². The number of rotatable bonds is 6. The fourth-order valence-corrected chi connectivity index (χ4v) is 3.48. The predicted molar refractivity (Wildman–Crippen MR) is 85.4 cm³/mol. The minimum absolute atomic E-state index is 0.569. The molecule has 3 fully saturated rings. The Morgan fingerprint density at radius 2 is 1.81 bits per heavy atom. The standard InChI is InChI=1S/C17H26N2O2/c1-3-20-16-6-5-14(11-17(16)21-4-2)18-15-12-19-9-7-13(15)8-10-19/h5-6,11,13,15,18H,3-4,7-10,12H2,1-2H3. The van der Waals surface area contributed by atoms with Gasteiger partial charge in [0.1, 0.15) is 0 Å². The number of piperidine rings is 3. The highest BCUT2D eigenvalue weighted by molar-refractivity contribution is 5.55. The van der Waals surface area contributed by atoms with Gasteiger partial charge < -0.3 is 19.7 Å². The molecule has 4 nitrogen and oxygen atoms in total. The van der Waals surface area contributed by atoms with Crippen LogP contribution in [0.3, 0.4) is 0 Å². The van der Waals surface area contributed by atoms with Crippen LogP contribution >= 0.6 is 0 Å². The van der Waals surface area contributed by atoms with E-state index < -0.39 is 0 Å². The van der Waals surface area contributed by atoms with Gasteiger partial charge >= 0.3 is 0 Å². The molecule has 0 aliphatic carbocycles. The summed E-state index contributed by atoms with van der Waals surface area (Å²) in [5, 5.41) is 3.70. The summed E-state index contributed by atoms with van der Waals surface area (Å²) in [6, 6.07) is 6.76. The van der Waals surface area contributed by atoms with Gasteiger partial charge in [-0.25, -0.2) is 0 Å². The summed E-state index contributed by atoms with van der Waals surface area (Å²) in [5.41, 5.74) is 1.14. The fraction of sp³-hybridized carbons (Fsp3) is 0.647. The molecule has 1 aromatic rings. The van der Waals surface area contributed by atoms with Gasteiger partial charge in [0.25, 0.3) is 0 Å². The molecule has 3 heterocycles. The molecule has 1 aromatic carbocycles. The van der Waals surface area contributed by atoms with Crippen molar-refractivity contribution in [2.75, 3.05) is 38.2 Å². The number of hydrogen-bond acceptors (Lipinski definition) is 4. The first-order valence-corrected chi connectivity index (χ1v) is 8.18. The van der Waals surface area contributed by atoms with Crippen molar-refractivity contribution >= 4 is 5.69 Å². The van der Waals surface area contributed by atoms with Crippen LogP contribution in [-0.2, 0) is 0 Å². The van der Waals surface area contributed by atoms with Crippen LogP contribution in [0.2, 0.25) is 0 Å². The highest BCUT2D eigenvalue weighted by Gasteiger charge is 2.33. The average Bonchev–Trinajstić information content (AvgIpc) is 2.51. The third-order valence-corrected chi connectivity index (χ3v) is 4.55. The van der Waals surface area contributed by atoms with Gasteiger partial charge in [-0.15, -0.1) is 0 Å². The molecule has 1 atom stereocenters. The summed E-state index contributed by atoms with van der Waals surface area (Å²) < 4.78 is 11.3. The molecule has 3 aliphatic heterocycles. The third-order valence-electron chi connectivity index (χ3n) is 4.55. The lowest BCUT2D eigenvalue weighted by Crippen LogP contribution is -2.53. The van der Waals surface area contributed by atoms with Crippen LogP contribution in [0.15, 0.2) is 18.2 Å². The molecule has 0 spiro atoms. The van der Waals surface area contributed by atoms with Crippen molar-refractivity contribution in [1.29, 1.82) is 0 Å². The number of hydrogen-bond donors (Lipinski definition) is 1. The first kappa shape index (κ1) is 14.5. The van der Waals surface area contributed by atoms with E-state index in [-0.39, 0.29) is 0 Å². The second kappa shape index (κ2) is 6.56. The predicted octanol–water partition coefficient (Wildman–Crippen LogP) is 2.99. The van der Waals surface area contributed by atoms with E-state index in [2.05, 4.69) is 22.3 Å². The highest BCUT2D eigenvalue weighted by Crippen LogP contribution is 2.34. The van der Waals surface area contributed by atoms with Crippen LogP contribution in [0, 0.1) is 5.92 Å². The van der Waals surface area contributed by atoms with Gasteiger partial charge in [-0.2, -0.15) is 0 Å². The van der Waals surface area contributed by atoms with E-state index in [4.69, 9.17) is 9.47 Å². The van der Waals surface area contributed by atoms with Crippen molar-refractivity contribution in [3.05, 3.63) is 18.2 Å². The Morgan fingerprint density at radius 1 is 1.10 bits per heavy atom. The molecule has 3 saturated heterocycles. The minimum Gasteiger partial charge on any atom is -0.490 e. The van der Waals surface area contributed by atoms with Crippen LogP contribution in [-0.4, -0.2) is 43.8 Å². The van der Waals surface area contributed by atoms with Crippen molar-refractivity contribution < 1.29 is 9.47 Å². The number of nitrogens with zero attached hydrogens (tertiary/aromatic N) is 1.